The Morgan fingerprint density at radius 1 is 1.40 bits per heavy atom. The van der Waals surface area contributed by atoms with Crippen LogP contribution in [-0.4, -0.2) is 25.1 Å². The van der Waals surface area contributed by atoms with Crippen LogP contribution < -0.4 is 5.32 Å². The highest BCUT2D eigenvalue weighted by Crippen LogP contribution is 2.34. The summed E-state index contributed by atoms with van der Waals surface area (Å²) in [6.07, 6.45) is 3.15. The van der Waals surface area contributed by atoms with Gasteiger partial charge in [-0.05, 0) is 30.4 Å². The number of alkyl halides is 1. The molecular formula is C16H16ClN5O2S. The van der Waals surface area contributed by atoms with Crippen LogP contribution >= 0.6 is 23.4 Å². The Kier molecular flexibility index (Phi) is 4.39. The van der Waals surface area contributed by atoms with Gasteiger partial charge in [0, 0.05) is 23.6 Å². The lowest BCUT2D eigenvalue weighted by Crippen LogP contribution is -2.27. The van der Waals surface area contributed by atoms with Crippen molar-refractivity contribution in [3.05, 3.63) is 51.2 Å². The highest BCUT2D eigenvalue weighted by molar-refractivity contribution is 7.98. The van der Waals surface area contributed by atoms with Gasteiger partial charge in [-0.3, -0.25) is 10.1 Å². The predicted molar refractivity (Wildman–Crippen MR) is 96.8 cm³/mol. The first kappa shape index (κ1) is 16.4. The van der Waals surface area contributed by atoms with E-state index < -0.39 is 4.92 Å². The third-order valence-corrected chi connectivity index (χ3v) is 5.73. The number of hydrogen-bond donors (Lipinski definition) is 1. The molecule has 1 aliphatic heterocycles. The van der Waals surface area contributed by atoms with E-state index in [1.165, 1.54) is 29.5 Å². The minimum absolute atomic E-state index is 0.0328. The molecule has 1 aliphatic carbocycles. The number of nitrogens with zero attached hydrogens (tertiary/aromatic N) is 4. The molecule has 0 saturated carbocycles. The number of nitro groups is 1. The number of nitrogens with one attached hydrogen (secondary N) is 1. The van der Waals surface area contributed by atoms with E-state index in [-0.39, 0.29) is 11.1 Å². The molecule has 1 aromatic carbocycles. The molecular weight excluding hydrogens is 362 g/mol. The van der Waals surface area contributed by atoms with Crippen LogP contribution in [0.4, 0.5) is 11.6 Å². The second-order valence-corrected chi connectivity index (χ2v) is 7.56. The summed E-state index contributed by atoms with van der Waals surface area (Å²) in [5.74, 6) is 1.39. The van der Waals surface area contributed by atoms with Gasteiger partial charge in [0.05, 0.1) is 16.8 Å². The van der Waals surface area contributed by atoms with Crippen LogP contribution in [0.25, 0.3) is 0 Å². The minimum Gasteiger partial charge on any atom is -0.327 e. The van der Waals surface area contributed by atoms with E-state index in [9.17, 15) is 10.1 Å². The quantitative estimate of drug-likeness (QED) is 0.376. The van der Waals surface area contributed by atoms with Crippen LogP contribution in [0.1, 0.15) is 24.8 Å². The summed E-state index contributed by atoms with van der Waals surface area (Å²) in [5, 5.41) is 19.3. The van der Waals surface area contributed by atoms with E-state index >= 15 is 0 Å². The van der Waals surface area contributed by atoms with Crippen molar-refractivity contribution in [2.75, 3.05) is 5.32 Å². The second kappa shape index (κ2) is 6.68. The Morgan fingerprint density at radius 2 is 2.20 bits per heavy atom. The minimum atomic E-state index is -0.396. The number of nitro benzene ring substituents is 1. The lowest BCUT2D eigenvalue weighted by atomic mass is 9.95. The van der Waals surface area contributed by atoms with Gasteiger partial charge in [0.1, 0.15) is 0 Å². The second-order valence-electron chi connectivity index (χ2n) is 6.09. The Morgan fingerprint density at radius 3 is 2.96 bits per heavy atom. The van der Waals surface area contributed by atoms with Crippen molar-refractivity contribution in [3.8, 4) is 0 Å². The van der Waals surface area contributed by atoms with Crippen molar-refractivity contribution in [2.45, 2.75) is 42.1 Å². The maximum atomic E-state index is 10.7. The van der Waals surface area contributed by atoms with Crippen LogP contribution in [0.3, 0.4) is 0 Å². The average Bonchev–Trinajstić information content (AvgIpc) is 3.01. The van der Waals surface area contributed by atoms with E-state index in [2.05, 4.69) is 15.4 Å². The molecule has 1 N–H and O–H groups in total. The van der Waals surface area contributed by atoms with Crippen LogP contribution in [0, 0.1) is 10.1 Å². The lowest BCUT2D eigenvalue weighted by molar-refractivity contribution is -0.384. The largest absolute Gasteiger partial charge is 0.327 e. The van der Waals surface area contributed by atoms with Crippen molar-refractivity contribution >= 4 is 35.0 Å². The first-order valence-electron chi connectivity index (χ1n) is 8.04. The number of thioether (sulfide) groups is 1. The topological polar surface area (TPSA) is 85.9 Å². The normalized spacial score (nSPS) is 19.2. The number of non-ortho nitro benzene ring substituents is 1. The van der Waals surface area contributed by atoms with Gasteiger partial charge in [0.25, 0.3) is 5.69 Å². The van der Waals surface area contributed by atoms with Gasteiger partial charge in [-0.15, -0.1) is 16.7 Å². The van der Waals surface area contributed by atoms with E-state index in [4.69, 9.17) is 11.6 Å². The number of anilines is 1. The van der Waals surface area contributed by atoms with Gasteiger partial charge in [-0.2, -0.15) is 4.98 Å². The predicted octanol–water partition coefficient (Wildman–Crippen LogP) is 3.95. The Labute approximate surface area is 153 Å². The summed E-state index contributed by atoms with van der Waals surface area (Å²) >= 11 is 7.92. The fourth-order valence-corrected chi connectivity index (χ4v) is 4.23. The van der Waals surface area contributed by atoms with Crippen LogP contribution in [0.5, 0.6) is 0 Å². The molecule has 1 aromatic heterocycles. The number of aromatic nitrogens is 3. The molecule has 1 unspecified atom stereocenters. The molecule has 0 amide bonds. The van der Waals surface area contributed by atoms with Gasteiger partial charge in [-0.25, -0.2) is 4.68 Å². The maximum absolute atomic E-state index is 10.7. The van der Waals surface area contributed by atoms with Crippen molar-refractivity contribution in [1.29, 1.82) is 0 Å². The molecule has 0 spiro atoms. The number of benzene rings is 1. The van der Waals surface area contributed by atoms with E-state index in [0.717, 1.165) is 43.0 Å². The van der Waals surface area contributed by atoms with Gasteiger partial charge < -0.3 is 5.32 Å². The number of allylic oxidation sites excluding steroid dienone is 2. The summed E-state index contributed by atoms with van der Waals surface area (Å²) in [4.78, 5) is 14.8. The molecule has 9 heteroatoms. The summed E-state index contributed by atoms with van der Waals surface area (Å²) in [7, 11) is 0. The van der Waals surface area contributed by atoms with Gasteiger partial charge in [0.2, 0.25) is 11.1 Å². The van der Waals surface area contributed by atoms with Crippen molar-refractivity contribution in [2.24, 2.45) is 0 Å². The molecule has 0 bridgehead atoms. The Bertz CT molecular complexity index is 849. The lowest BCUT2D eigenvalue weighted by Gasteiger charge is -2.29. The first-order valence-corrected chi connectivity index (χ1v) is 9.46. The maximum Gasteiger partial charge on any atom is 0.269 e. The number of halogens is 1. The monoisotopic (exact) mass is 377 g/mol. The molecule has 25 heavy (non-hydrogen) atoms. The van der Waals surface area contributed by atoms with Gasteiger partial charge >= 0.3 is 0 Å². The molecule has 2 aliphatic rings. The average molecular weight is 378 g/mol. The van der Waals surface area contributed by atoms with E-state index in [0.29, 0.717) is 10.9 Å². The van der Waals surface area contributed by atoms with Gasteiger partial charge in [0.15, 0.2) is 0 Å². The smallest absolute Gasteiger partial charge is 0.269 e. The van der Waals surface area contributed by atoms with Crippen LogP contribution in [-0.2, 0) is 12.3 Å². The molecule has 2 aromatic rings. The number of hydrogen-bond acceptors (Lipinski definition) is 6. The molecule has 130 valence electrons. The summed E-state index contributed by atoms with van der Waals surface area (Å²) in [6.45, 7) is 0.742. The highest BCUT2D eigenvalue weighted by Gasteiger charge is 2.27. The van der Waals surface area contributed by atoms with Crippen molar-refractivity contribution in [1.82, 2.24) is 14.8 Å². The number of rotatable bonds is 4. The van der Waals surface area contributed by atoms with Crippen LogP contribution in [0.15, 0.2) is 40.7 Å². The Balaban J connectivity index is 1.43. The Hall–Kier alpha value is -2.06. The zero-order chi connectivity index (χ0) is 17.4. The third-order valence-electron chi connectivity index (χ3n) is 4.38. The molecule has 1 atom stereocenters. The highest BCUT2D eigenvalue weighted by atomic mass is 35.5. The zero-order valence-electron chi connectivity index (χ0n) is 13.3. The first-order chi connectivity index (χ1) is 12.1. The SMILES string of the molecule is O=[N+]([O-])c1ccc(CSc2nc3n(n2)CC2=C(N3)C(Cl)CCC2)cc1. The van der Waals surface area contributed by atoms with Crippen molar-refractivity contribution in [3.63, 3.8) is 0 Å². The molecule has 0 saturated heterocycles. The standard InChI is InChI=1S/C16H16ClN5O2S/c17-13-3-1-2-11-8-21-15(18-14(11)13)19-16(20-21)25-9-10-4-6-12(7-5-10)22(23)24/h4-7,13H,1-3,8-9H2,(H,18,19,20). The zero-order valence-corrected chi connectivity index (χ0v) is 14.9. The summed E-state index contributed by atoms with van der Waals surface area (Å²) in [6, 6.07) is 6.55. The molecule has 0 radical (unpaired) electrons. The number of fused-ring (bicyclic) bond motifs is 1. The summed E-state index contributed by atoms with van der Waals surface area (Å²) < 4.78 is 1.88. The van der Waals surface area contributed by atoms with Crippen molar-refractivity contribution < 1.29 is 4.92 Å². The molecule has 7 nitrogen and oxygen atoms in total. The fourth-order valence-electron chi connectivity index (χ4n) is 3.07. The fraction of sp³-hybridized carbons (Fsp3) is 0.375. The van der Waals surface area contributed by atoms with E-state index in [1.807, 2.05) is 4.68 Å². The van der Waals surface area contributed by atoms with E-state index in [1.54, 1.807) is 12.1 Å². The molecule has 4 rings (SSSR count). The molecule has 0 fully saturated rings. The molecule has 2 heterocycles. The third kappa shape index (κ3) is 3.36. The summed E-state index contributed by atoms with van der Waals surface area (Å²) in [5.41, 5.74) is 3.51. The van der Waals surface area contributed by atoms with Gasteiger partial charge in [-0.1, -0.05) is 23.9 Å². The van der Waals surface area contributed by atoms with Crippen LogP contribution in [0.2, 0.25) is 0 Å².